The highest BCUT2D eigenvalue weighted by Gasteiger charge is 2.37. The Morgan fingerprint density at radius 3 is 2.71 bits per heavy atom. The van der Waals surface area contributed by atoms with Crippen LogP contribution in [0, 0.1) is 5.92 Å². The summed E-state index contributed by atoms with van der Waals surface area (Å²) in [4.78, 5) is 19.0. The summed E-state index contributed by atoms with van der Waals surface area (Å²) >= 11 is 0. The van der Waals surface area contributed by atoms with Gasteiger partial charge in [0, 0.05) is 32.1 Å². The number of aromatic nitrogens is 1. The van der Waals surface area contributed by atoms with Crippen LogP contribution in [0.2, 0.25) is 0 Å². The second kappa shape index (κ2) is 6.15. The molecule has 7 nitrogen and oxygen atoms in total. The van der Waals surface area contributed by atoms with Crippen molar-refractivity contribution in [2.75, 3.05) is 31.3 Å². The van der Waals surface area contributed by atoms with Gasteiger partial charge in [-0.25, -0.2) is 13.4 Å². The maximum Gasteiger partial charge on any atom is 0.227 e. The highest BCUT2D eigenvalue weighted by Crippen LogP contribution is 2.31. The van der Waals surface area contributed by atoms with Gasteiger partial charge in [0.15, 0.2) is 15.7 Å². The van der Waals surface area contributed by atoms with Crippen LogP contribution in [0.4, 0.5) is 0 Å². The SMILES string of the molecule is O=C(C1CCS(=O)(=O)C1)N1CCc2oc(C3CCOCC3)nc2C1. The molecular formula is C16H22N2O5S. The predicted octanol–water partition coefficient (Wildman–Crippen LogP) is 0.888. The molecule has 0 spiro atoms. The lowest BCUT2D eigenvalue weighted by Gasteiger charge is -2.27. The van der Waals surface area contributed by atoms with Crippen molar-refractivity contribution in [3.63, 3.8) is 0 Å². The maximum absolute atomic E-state index is 12.6. The monoisotopic (exact) mass is 354 g/mol. The Morgan fingerprint density at radius 2 is 2.00 bits per heavy atom. The molecule has 132 valence electrons. The summed E-state index contributed by atoms with van der Waals surface area (Å²) in [5, 5.41) is 0. The van der Waals surface area contributed by atoms with Crippen LogP contribution in [0.25, 0.3) is 0 Å². The Kier molecular flexibility index (Phi) is 4.12. The van der Waals surface area contributed by atoms with Crippen LogP contribution >= 0.6 is 0 Å². The van der Waals surface area contributed by atoms with Crippen LogP contribution in [-0.2, 0) is 32.3 Å². The quantitative estimate of drug-likeness (QED) is 0.783. The van der Waals surface area contributed by atoms with Crippen LogP contribution in [0.15, 0.2) is 4.42 Å². The molecule has 8 heteroatoms. The van der Waals surface area contributed by atoms with E-state index in [0.29, 0.717) is 31.8 Å². The van der Waals surface area contributed by atoms with Crippen LogP contribution in [-0.4, -0.2) is 55.5 Å². The molecule has 0 radical (unpaired) electrons. The lowest BCUT2D eigenvalue weighted by molar-refractivity contribution is -0.135. The molecule has 4 heterocycles. The van der Waals surface area contributed by atoms with E-state index in [-0.39, 0.29) is 17.4 Å². The van der Waals surface area contributed by atoms with Gasteiger partial charge in [0.25, 0.3) is 0 Å². The number of oxazole rings is 1. The van der Waals surface area contributed by atoms with E-state index in [1.165, 1.54) is 0 Å². The average Bonchev–Trinajstić information content (AvgIpc) is 3.17. The Bertz CT molecular complexity index is 736. The Labute approximate surface area is 141 Å². The number of carbonyl (C=O) groups excluding carboxylic acids is 1. The summed E-state index contributed by atoms with van der Waals surface area (Å²) < 4.78 is 34.5. The number of nitrogens with zero attached hydrogens (tertiary/aromatic N) is 2. The Morgan fingerprint density at radius 1 is 1.21 bits per heavy atom. The summed E-state index contributed by atoms with van der Waals surface area (Å²) in [6.07, 6.45) is 2.93. The zero-order valence-corrected chi connectivity index (χ0v) is 14.4. The van der Waals surface area contributed by atoms with Crippen molar-refractivity contribution in [2.24, 2.45) is 5.92 Å². The number of fused-ring (bicyclic) bond motifs is 1. The number of rotatable bonds is 2. The van der Waals surface area contributed by atoms with Crippen molar-refractivity contribution in [3.05, 3.63) is 17.3 Å². The molecular weight excluding hydrogens is 332 g/mol. The molecule has 2 fully saturated rings. The van der Waals surface area contributed by atoms with Gasteiger partial charge in [-0.1, -0.05) is 0 Å². The number of amides is 1. The fourth-order valence-electron chi connectivity index (χ4n) is 3.77. The molecule has 24 heavy (non-hydrogen) atoms. The summed E-state index contributed by atoms with van der Waals surface area (Å²) in [7, 11) is -3.04. The van der Waals surface area contributed by atoms with Crippen LogP contribution in [0.1, 0.15) is 42.5 Å². The van der Waals surface area contributed by atoms with Gasteiger partial charge in [-0.2, -0.15) is 0 Å². The zero-order valence-electron chi connectivity index (χ0n) is 13.6. The highest BCUT2D eigenvalue weighted by molar-refractivity contribution is 7.91. The molecule has 0 saturated carbocycles. The van der Waals surface area contributed by atoms with Crippen LogP contribution in [0.5, 0.6) is 0 Å². The number of sulfone groups is 1. The van der Waals surface area contributed by atoms with Gasteiger partial charge in [-0.3, -0.25) is 4.79 Å². The van der Waals surface area contributed by atoms with E-state index in [4.69, 9.17) is 9.15 Å². The van der Waals surface area contributed by atoms with E-state index in [0.717, 1.165) is 43.4 Å². The van der Waals surface area contributed by atoms with Gasteiger partial charge in [0.2, 0.25) is 5.91 Å². The third-order valence-electron chi connectivity index (χ3n) is 5.21. The molecule has 0 aliphatic carbocycles. The Balaban J connectivity index is 1.45. The number of carbonyl (C=O) groups is 1. The van der Waals surface area contributed by atoms with E-state index in [2.05, 4.69) is 4.98 Å². The van der Waals surface area contributed by atoms with Gasteiger partial charge in [0.05, 0.1) is 24.0 Å². The van der Waals surface area contributed by atoms with E-state index < -0.39 is 15.8 Å². The molecule has 3 aliphatic rings. The van der Waals surface area contributed by atoms with E-state index in [1.54, 1.807) is 4.90 Å². The molecule has 0 bridgehead atoms. The number of hydrogen-bond acceptors (Lipinski definition) is 6. The first kappa shape index (κ1) is 16.1. The zero-order chi connectivity index (χ0) is 16.7. The fourth-order valence-corrected chi connectivity index (χ4v) is 5.51. The lowest BCUT2D eigenvalue weighted by Crippen LogP contribution is -2.40. The molecule has 2 saturated heterocycles. The summed E-state index contributed by atoms with van der Waals surface area (Å²) in [5.41, 5.74) is 0.831. The molecule has 1 aromatic rings. The molecule has 1 amide bonds. The van der Waals surface area contributed by atoms with Gasteiger partial charge in [-0.05, 0) is 19.3 Å². The summed E-state index contributed by atoms with van der Waals surface area (Å²) in [6, 6.07) is 0. The van der Waals surface area contributed by atoms with Gasteiger partial charge in [0.1, 0.15) is 11.5 Å². The first-order valence-electron chi connectivity index (χ1n) is 8.57. The van der Waals surface area contributed by atoms with Crippen molar-refractivity contribution in [3.8, 4) is 0 Å². The molecule has 3 aliphatic heterocycles. The average molecular weight is 354 g/mol. The van der Waals surface area contributed by atoms with E-state index in [9.17, 15) is 13.2 Å². The van der Waals surface area contributed by atoms with Crippen molar-refractivity contribution in [2.45, 2.75) is 38.1 Å². The minimum absolute atomic E-state index is 0.0126. The maximum atomic E-state index is 12.6. The standard InChI is InChI=1S/C16H22N2O5S/c19-16(12-4-8-24(20,21)10-12)18-5-1-14-13(9-18)17-15(23-14)11-2-6-22-7-3-11/h11-12H,1-10H2. The van der Waals surface area contributed by atoms with Crippen LogP contribution < -0.4 is 0 Å². The first-order valence-corrected chi connectivity index (χ1v) is 10.4. The summed E-state index contributed by atoms with van der Waals surface area (Å²) in [6.45, 7) is 2.47. The first-order chi connectivity index (χ1) is 11.5. The fraction of sp³-hybridized carbons (Fsp3) is 0.750. The lowest BCUT2D eigenvalue weighted by atomic mass is 10.0. The van der Waals surface area contributed by atoms with E-state index in [1.807, 2.05) is 0 Å². The normalized spacial score (nSPS) is 27.2. The minimum atomic E-state index is -3.04. The smallest absolute Gasteiger partial charge is 0.227 e. The Hall–Kier alpha value is -1.41. The van der Waals surface area contributed by atoms with Crippen molar-refractivity contribution < 1.29 is 22.4 Å². The molecule has 0 aromatic carbocycles. The minimum Gasteiger partial charge on any atom is -0.445 e. The molecule has 4 rings (SSSR count). The van der Waals surface area contributed by atoms with Gasteiger partial charge < -0.3 is 14.1 Å². The third-order valence-corrected chi connectivity index (χ3v) is 6.98. The van der Waals surface area contributed by atoms with Gasteiger partial charge in [-0.15, -0.1) is 0 Å². The second-order valence-corrected chi connectivity index (χ2v) is 9.15. The van der Waals surface area contributed by atoms with E-state index >= 15 is 0 Å². The van der Waals surface area contributed by atoms with Crippen molar-refractivity contribution in [1.82, 2.24) is 9.88 Å². The molecule has 1 aromatic heterocycles. The summed E-state index contributed by atoms with van der Waals surface area (Å²) in [5.74, 6) is 1.60. The van der Waals surface area contributed by atoms with Gasteiger partial charge >= 0.3 is 0 Å². The number of ether oxygens (including phenoxy) is 1. The van der Waals surface area contributed by atoms with Crippen molar-refractivity contribution >= 4 is 15.7 Å². The molecule has 1 atom stereocenters. The predicted molar refractivity (Wildman–Crippen MR) is 85.2 cm³/mol. The second-order valence-electron chi connectivity index (χ2n) is 6.92. The highest BCUT2D eigenvalue weighted by atomic mass is 32.2. The topological polar surface area (TPSA) is 89.7 Å². The third kappa shape index (κ3) is 3.09. The molecule has 0 N–H and O–H groups in total. The van der Waals surface area contributed by atoms with Crippen LogP contribution in [0.3, 0.4) is 0 Å². The largest absolute Gasteiger partial charge is 0.445 e. The molecule has 1 unspecified atom stereocenters. The number of hydrogen-bond donors (Lipinski definition) is 0. The van der Waals surface area contributed by atoms with Crippen molar-refractivity contribution in [1.29, 1.82) is 0 Å².